The molecule has 21 heteroatoms. The molecule has 0 radical (unpaired) electrons. The van der Waals surface area contributed by atoms with E-state index in [4.69, 9.17) is 15.2 Å². The number of halogens is 2. The lowest BCUT2D eigenvalue weighted by Gasteiger charge is -2.36. The van der Waals surface area contributed by atoms with Gasteiger partial charge in [-0.25, -0.2) is 35.2 Å². The first-order valence-corrected chi connectivity index (χ1v) is 22.1. The lowest BCUT2D eigenvalue weighted by atomic mass is 10.2. The van der Waals surface area contributed by atoms with Gasteiger partial charge in [-0.05, 0) is 42.8 Å². The molecule has 4 amide bonds. The number of nitrogens with two attached hydrogens (primary N) is 1. The molecule has 0 aliphatic carbocycles. The molecule has 4 aliphatic rings. The second-order valence-corrected chi connectivity index (χ2v) is 18.3. The summed E-state index contributed by atoms with van der Waals surface area (Å²) in [7, 11) is -6.76. The number of piperazine rings is 2. The van der Waals surface area contributed by atoms with Gasteiger partial charge in [0.05, 0.1) is 35.8 Å². The highest BCUT2D eigenvalue weighted by Gasteiger charge is 2.34. The standard InChI is InChI=1S/C18H24FN3O5S.C17H23FN4O5S/c1-3-14-11-22(18(24)27-14)13-4-5-16(15(19)10-13)20-6-8-21(9-7-20)17(23)12-28(2,25)26;1-28(25,26)11-16(23)21-6-4-20(5-7-21)15-3-2-12(8-14(15)18)22-10-13(9-19)27-17(22)24/h4-5,10,14H,3,6-9,11-12H2,1-2H3;2-3,8,13H,4-7,9-11,19H2,1H3/t14-;13-/m00/s1. The smallest absolute Gasteiger partial charge is 0.414 e. The van der Waals surface area contributed by atoms with Crippen LogP contribution in [-0.2, 0) is 38.7 Å². The zero-order chi connectivity index (χ0) is 40.9. The van der Waals surface area contributed by atoms with Gasteiger partial charge in [0.15, 0.2) is 19.7 Å². The molecule has 4 aliphatic heterocycles. The summed E-state index contributed by atoms with van der Waals surface area (Å²) >= 11 is 0. The Hall–Kier alpha value is -4.76. The van der Waals surface area contributed by atoms with Crippen molar-refractivity contribution in [3.8, 4) is 0 Å². The third kappa shape index (κ3) is 10.8. The molecule has 0 spiro atoms. The Bertz CT molecular complexity index is 1880. The molecule has 2 aromatic carbocycles. The highest BCUT2D eigenvalue weighted by atomic mass is 32.2. The first kappa shape index (κ1) is 42.4. The minimum absolute atomic E-state index is 0.187. The van der Waals surface area contributed by atoms with Crippen molar-refractivity contribution >= 4 is 66.4 Å². The third-order valence-corrected chi connectivity index (χ3v) is 11.2. The van der Waals surface area contributed by atoms with Crippen molar-refractivity contribution in [2.45, 2.75) is 25.6 Å². The van der Waals surface area contributed by atoms with E-state index >= 15 is 0 Å². The van der Waals surface area contributed by atoms with Crippen LogP contribution in [0, 0.1) is 11.6 Å². The number of cyclic esters (lactones) is 2. The fraction of sp³-hybridized carbons (Fsp3) is 0.543. The molecular formula is C35H47F2N7O10S2. The maximum Gasteiger partial charge on any atom is 0.414 e. The highest BCUT2D eigenvalue weighted by Crippen LogP contribution is 2.30. The lowest BCUT2D eigenvalue weighted by Crippen LogP contribution is -2.50. The molecule has 6 rings (SSSR count). The summed E-state index contributed by atoms with van der Waals surface area (Å²) < 4.78 is 84.7. The van der Waals surface area contributed by atoms with Gasteiger partial charge in [-0.2, -0.15) is 0 Å². The Morgan fingerprint density at radius 3 is 1.36 bits per heavy atom. The Morgan fingerprint density at radius 2 is 1.05 bits per heavy atom. The zero-order valence-corrected chi connectivity index (χ0v) is 33.1. The van der Waals surface area contributed by atoms with E-state index in [2.05, 4.69) is 0 Å². The normalized spacial score (nSPS) is 20.5. The minimum Gasteiger partial charge on any atom is -0.444 e. The van der Waals surface area contributed by atoms with E-state index in [0.717, 1.165) is 12.5 Å². The molecule has 56 heavy (non-hydrogen) atoms. The molecule has 2 atom stereocenters. The van der Waals surface area contributed by atoms with Crippen molar-refractivity contribution in [2.75, 3.05) is 116 Å². The van der Waals surface area contributed by atoms with Gasteiger partial charge in [-0.15, -0.1) is 0 Å². The average Bonchev–Trinajstić information content (AvgIpc) is 3.72. The van der Waals surface area contributed by atoms with Crippen LogP contribution in [0.5, 0.6) is 0 Å². The summed E-state index contributed by atoms with van der Waals surface area (Å²) in [5.74, 6) is -2.86. The lowest BCUT2D eigenvalue weighted by molar-refractivity contribution is -0.129. The molecule has 0 unspecified atom stereocenters. The van der Waals surface area contributed by atoms with Crippen LogP contribution in [0.15, 0.2) is 36.4 Å². The van der Waals surface area contributed by atoms with Crippen molar-refractivity contribution < 1.29 is 54.3 Å². The molecule has 0 aromatic heterocycles. The van der Waals surface area contributed by atoms with E-state index in [1.165, 1.54) is 31.7 Å². The summed E-state index contributed by atoms with van der Waals surface area (Å²) in [5.41, 5.74) is 7.10. The van der Waals surface area contributed by atoms with Crippen LogP contribution in [0.4, 0.5) is 41.1 Å². The minimum atomic E-state index is -3.38. The molecule has 0 bridgehead atoms. The Morgan fingerprint density at radius 1 is 0.679 bits per heavy atom. The van der Waals surface area contributed by atoms with Crippen LogP contribution in [-0.4, -0.2) is 159 Å². The monoisotopic (exact) mass is 827 g/mol. The van der Waals surface area contributed by atoms with Gasteiger partial charge in [-0.3, -0.25) is 19.4 Å². The zero-order valence-electron chi connectivity index (χ0n) is 31.4. The molecule has 17 nitrogen and oxygen atoms in total. The Kier molecular flexibility index (Phi) is 13.3. The van der Waals surface area contributed by atoms with E-state index in [1.807, 2.05) is 6.92 Å². The average molecular weight is 828 g/mol. The quantitative estimate of drug-likeness (QED) is 0.357. The van der Waals surface area contributed by atoms with Crippen molar-refractivity contribution in [3.05, 3.63) is 48.0 Å². The van der Waals surface area contributed by atoms with Crippen LogP contribution in [0.3, 0.4) is 0 Å². The van der Waals surface area contributed by atoms with E-state index in [0.29, 0.717) is 88.1 Å². The molecule has 2 aromatic rings. The maximum absolute atomic E-state index is 14.7. The number of nitrogens with zero attached hydrogens (tertiary/aromatic N) is 6. The summed E-state index contributed by atoms with van der Waals surface area (Å²) in [4.78, 5) is 57.1. The second kappa shape index (κ2) is 17.6. The predicted molar refractivity (Wildman–Crippen MR) is 204 cm³/mol. The number of carbonyl (C=O) groups excluding carboxylic acids is 4. The summed E-state index contributed by atoms with van der Waals surface area (Å²) in [6.45, 7) is 5.63. The van der Waals surface area contributed by atoms with E-state index in [-0.39, 0.29) is 19.2 Å². The molecule has 4 fully saturated rings. The first-order valence-electron chi connectivity index (χ1n) is 18.0. The first-order chi connectivity index (χ1) is 26.3. The van der Waals surface area contributed by atoms with Gasteiger partial charge in [0.2, 0.25) is 11.8 Å². The van der Waals surface area contributed by atoms with E-state index in [1.54, 1.807) is 34.1 Å². The van der Waals surface area contributed by atoms with Crippen LogP contribution in [0.25, 0.3) is 0 Å². The van der Waals surface area contributed by atoms with Crippen molar-refractivity contribution in [1.29, 1.82) is 0 Å². The number of carbonyl (C=O) groups is 4. The van der Waals surface area contributed by atoms with Crippen molar-refractivity contribution in [3.63, 3.8) is 0 Å². The van der Waals surface area contributed by atoms with Gasteiger partial charge in [-0.1, -0.05) is 6.92 Å². The number of hydrogen-bond acceptors (Lipinski definition) is 13. The number of hydrogen-bond donors (Lipinski definition) is 1. The molecular weight excluding hydrogens is 781 g/mol. The highest BCUT2D eigenvalue weighted by molar-refractivity contribution is 7.91. The van der Waals surface area contributed by atoms with Gasteiger partial charge in [0.1, 0.15) is 35.3 Å². The predicted octanol–water partition coefficient (Wildman–Crippen LogP) is 1.06. The van der Waals surface area contributed by atoms with Crippen LogP contribution < -0.4 is 25.3 Å². The maximum atomic E-state index is 14.7. The molecule has 4 saturated heterocycles. The molecule has 4 heterocycles. The fourth-order valence-electron chi connectivity index (χ4n) is 6.66. The third-order valence-electron chi connectivity index (χ3n) is 9.67. The Balaban J connectivity index is 0.000000214. The van der Waals surface area contributed by atoms with Crippen LogP contribution >= 0.6 is 0 Å². The molecule has 2 N–H and O–H groups in total. The summed E-state index contributed by atoms with van der Waals surface area (Å²) in [5, 5.41) is 0. The Labute approximate surface area is 324 Å². The number of anilines is 4. The van der Waals surface area contributed by atoms with Crippen LogP contribution in [0.2, 0.25) is 0 Å². The second-order valence-electron chi connectivity index (χ2n) is 14.0. The van der Waals surface area contributed by atoms with Gasteiger partial charge < -0.3 is 34.8 Å². The van der Waals surface area contributed by atoms with Crippen molar-refractivity contribution in [1.82, 2.24) is 9.80 Å². The molecule has 0 saturated carbocycles. The SMILES string of the molecule is CC[C@H]1CN(c2ccc(N3CCN(C(=O)CS(C)(=O)=O)CC3)c(F)c2)C(=O)O1.CS(=O)(=O)CC(=O)N1CCN(c2ccc(N3C[C@H](CN)OC3=O)cc2F)CC1. The topological polar surface area (TPSA) is 200 Å². The largest absolute Gasteiger partial charge is 0.444 e. The van der Waals surface area contributed by atoms with E-state index in [9.17, 15) is 44.8 Å². The number of benzene rings is 2. The summed E-state index contributed by atoms with van der Waals surface area (Å²) in [6, 6.07) is 9.11. The van der Waals surface area contributed by atoms with Gasteiger partial charge in [0.25, 0.3) is 0 Å². The molecule has 308 valence electrons. The number of rotatable bonds is 10. The number of ether oxygens (including phenoxy) is 2. The van der Waals surface area contributed by atoms with Gasteiger partial charge >= 0.3 is 12.2 Å². The number of amides is 4. The van der Waals surface area contributed by atoms with E-state index < -0.39 is 72.9 Å². The number of sulfone groups is 2. The summed E-state index contributed by atoms with van der Waals surface area (Å²) in [6.07, 6.45) is 1.12. The van der Waals surface area contributed by atoms with Crippen molar-refractivity contribution in [2.24, 2.45) is 5.73 Å². The van der Waals surface area contributed by atoms with Crippen LogP contribution in [0.1, 0.15) is 13.3 Å². The fourth-order valence-corrected chi connectivity index (χ4v) is 7.93. The van der Waals surface area contributed by atoms with Gasteiger partial charge in [0, 0.05) is 71.4 Å².